The number of nitrogen functional groups attached to an aromatic ring is 1. The largest absolute Gasteiger partial charge is 0.383 e. The summed E-state index contributed by atoms with van der Waals surface area (Å²) in [5, 5.41) is 3.30. The van der Waals surface area contributed by atoms with Crippen LogP contribution in [0, 0.1) is 13.8 Å². The molecule has 174 valence electrons. The minimum atomic E-state index is -0.327. The number of benzene rings is 2. The maximum Gasteiger partial charge on any atom is 0.331 e. The summed E-state index contributed by atoms with van der Waals surface area (Å²) in [5.41, 5.74) is 11.0. The van der Waals surface area contributed by atoms with E-state index in [2.05, 4.69) is 10.3 Å². The van der Waals surface area contributed by atoms with Crippen molar-refractivity contribution in [1.82, 2.24) is 19.4 Å². The highest BCUT2D eigenvalue weighted by molar-refractivity contribution is 5.38. The van der Waals surface area contributed by atoms with Crippen LogP contribution in [0.25, 0.3) is 0 Å². The number of rotatable bonds is 8. The highest BCUT2D eigenvalue weighted by Crippen LogP contribution is 2.09. The maximum atomic E-state index is 13.5. The number of aryl methyl sites for hydroxylation is 2. The molecule has 2 aromatic heterocycles. The smallest absolute Gasteiger partial charge is 0.331 e. The number of pyridine rings is 1. The topological polar surface area (TPSA) is 94.9 Å². The first-order valence-electron chi connectivity index (χ1n) is 11.3. The standard InChI is InChI=1S/C27H29N5O2/c1-19-5-9-21(10-6-19)17-31-24(16-29-15-23-4-3-13-30-26(23)28)14-25(33)32(27(31)34)18-22-11-7-20(2)8-12-22/h3-14,29H,15-18H2,1-2H3,(H2,28,30). The molecule has 0 saturated heterocycles. The molecular weight excluding hydrogens is 426 g/mol. The third kappa shape index (κ3) is 5.50. The van der Waals surface area contributed by atoms with Crippen molar-refractivity contribution in [3.8, 4) is 0 Å². The Bertz CT molecular complexity index is 1390. The highest BCUT2D eigenvalue weighted by Gasteiger charge is 2.13. The molecule has 0 saturated carbocycles. The Kier molecular flexibility index (Phi) is 7.04. The number of hydrogen-bond acceptors (Lipinski definition) is 5. The van der Waals surface area contributed by atoms with Crippen molar-refractivity contribution in [2.75, 3.05) is 5.73 Å². The summed E-state index contributed by atoms with van der Waals surface area (Å²) >= 11 is 0. The molecule has 34 heavy (non-hydrogen) atoms. The van der Waals surface area contributed by atoms with Crippen LogP contribution in [0.15, 0.2) is 82.5 Å². The zero-order valence-corrected chi connectivity index (χ0v) is 19.5. The van der Waals surface area contributed by atoms with Crippen LogP contribution < -0.4 is 22.3 Å². The second-order valence-corrected chi connectivity index (χ2v) is 8.55. The van der Waals surface area contributed by atoms with Gasteiger partial charge in [-0.15, -0.1) is 0 Å². The molecule has 0 radical (unpaired) electrons. The minimum Gasteiger partial charge on any atom is -0.383 e. The molecule has 0 amide bonds. The number of nitrogens with zero attached hydrogens (tertiary/aromatic N) is 3. The van der Waals surface area contributed by atoms with Crippen LogP contribution in [0.2, 0.25) is 0 Å². The third-order valence-electron chi connectivity index (χ3n) is 5.83. The van der Waals surface area contributed by atoms with Gasteiger partial charge < -0.3 is 11.1 Å². The Morgan fingerprint density at radius 1 is 0.824 bits per heavy atom. The van der Waals surface area contributed by atoms with Crippen LogP contribution in [-0.2, 0) is 26.2 Å². The first-order valence-corrected chi connectivity index (χ1v) is 11.3. The van der Waals surface area contributed by atoms with Gasteiger partial charge in [0, 0.05) is 36.6 Å². The summed E-state index contributed by atoms with van der Waals surface area (Å²) < 4.78 is 2.96. The van der Waals surface area contributed by atoms with Crippen molar-refractivity contribution >= 4 is 5.82 Å². The fourth-order valence-electron chi connectivity index (χ4n) is 3.80. The lowest BCUT2D eigenvalue weighted by Crippen LogP contribution is -2.42. The summed E-state index contributed by atoms with van der Waals surface area (Å²) in [6.45, 7) is 5.45. The molecule has 7 nitrogen and oxygen atoms in total. The number of nitrogens with one attached hydrogen (secondary N) is 1. The van der Waals surface area contributed by atoms with Crippen LogP contribution >= 0.6 is 0 Å². The van der Waals surface area contributed by atoms with Crippen LogP contribution in [0.3, 0.4) is 0 Å². The second kappa shape index (κ2) is 10.3. The summed E-state index contributed by atoms with van der Waals surface area (Å²) in [6.07, 6.45) is 1.64. The van der Waals surface area contributed by atoms with E-state index >= 15 is 0 Å². The predicted molar refractivity (Wildman–Crippen MR) is 135 cm³/mol. The van der Waals surface area contributed by atoms with Crippen molar-refractivity contribution in [1.29, 1.82) is 0 Å². The monoisotopic (exact) mass is 455 g/mol. The molecule has 0 aliphatic carbocycles. The van der Waals surface area contributed by atoms with Gasteiger partial charge >= 0.3 is 5.69 Å². The fourth-order valence-corrected chi connectivity index (χ4v) is 3.80. The lowest BCUT2D eigenvalue weighted by atomic mass is 10.1. The molecule has 0 bridgehead atoms. The minimum absolute atomic E-state index is 0.228. The first kappa shape index (κ1) is 23.2. The molecule has 7 heteroatoms. The van der Waals surface area contributed by atoms with E-state index in [4.69, 9.17) is 5.73 Å². The molecule has 0 atom stereocenters. The number of hydrogen-bond donors (Lipinski definition) is 2. The van der Waals surface area contributed by atoms with Gasteiger partial charge in [-0.1, -0.05) is 65.7 Å². The molecule has 0 unspecified atom stereocenters. The molecule has 0 spiro atoms. The van der Waals surface area contributed by atoms with Gasteiger partial charge in [0.05, 0.1) is 13.1 Å². The van der Waals surface area contributed by atoms with Gasteiger partial charge in [0.2, 0.25) is 0 Å². The van der Waals surface area contributed by atoms with E-state index in [9.17, 15) is 9.59 Å². The van der Waals surface area contributed by atoms with Crippen LogP contribution in [0.4, 0.5) is 5.82 Å². The second-order valence-electron chi connectivity index (χ2n) is 8.55. The van der Waals surface area contributed by atoms with E-state index in [1.807, 2.05) is 74.5 Å². The van der Waals surface area contributed by atoms with Crippen molar-refractivity contribution < 1.29 is 0 Å². The molecule has 2 heterocycles. The Morgan fingerprint density at radius 2 is 1.41 bits per heavy atom. The van der Waals surface area contributed by atoms with E-state index in [0.717, 1.165) is 27.8 Å². The van der Waals surface area contributed by atoms with Gasteiger partial charge in [0.1, 0.15) is 5.82 Å². The van der Waals surface area contributed by atoms with E-state index < -0.39 is 0 Å². The Balaban J connectivity index is 1.66. The van der Waals surface area contributed by atoms with Crippen LogP contribution in [-0.4, -0.2) is 14.1 Å². The lowest BCUT2D eigenvalue weighted by molar-refractivity contribution is 0.559. The zero-order valence-electron chi connectivity index (χ0n) is 19.5. The number of aromatic nitrogens is 3. The maximum absolute atomic E-state index is 13.5. The number of nitrogens with two attached hydrogens (primary N) is 1. The highest BCUT2D eigenvalue weighted by atomic mass is 16.2. The van der Waals surface area contributed by atoms with Crippen molar-refractivity contribution in [2.24, 2.45) is 0 Å². The van der Waals surface area contributed by atoms with Crippen LogP contribution in [0.1, 0.15) is 33.5 Å². The Hall–Kier alpha value is -3.97. The van der Waals surface area contributed by atoms with Gasteiger partial charge in [-0.2, -0.15) is 0 Å². The zero-order chi connectivity index (χ0) is 24.1. The summed E-state index contributed by atoms with van der Waals surface area (Å²) in [4.78, 5) is 30.6. The molecule has 0 fully saturated rings. The van der Waals surface area contributed by atoms with E-state index in [1.165, 1.54) is 4.57 Å². The van der Waals surface area contributed by atoms with Gasteiger partial charge in [0.25, 0.3) is 5.56 Å². The summed E-state index contributed by atoms with van der Waals surface area (Å²) in [6, 6.07) is 21.2. The van der Waals surface area contributed by atoms with E-state index in [1.54, 1.807) is 16.8 Å². The van der Waals surface area contributed by atoms with Crippen LogP contribution in [0.5, 0.6) is 0 Å². The molecular formula is C27H29N5O2. The van der Waals surface area contributed by atoms with E-state index in [-0.39, 0.29) is 17.8 Å². The first-order chi connectivity index (χ1) is 16.4. The summed E-state index contributed by atoms with van der Waals surface area (Å²) in [7, 11) is 0. The van der Waals surface area contributed by atoms with Gasteiger partial charge in [-0.05, 0) is 31.0 Å². The molecule has 0 aliphatic heterocycles. The molecule has 4 aromatic rings. The van der Waals surface area contributed by atoms with Gasteiger partial charge in [-0.25, -0.2) is 9.78 Å². The summed E-state index contributed by atoms with van der Waals surface area (Å²) in [5.74, 6) is 0.459. The Morgan fingerprint density at radius 3 is 2.00 bits per heavy atom. The Labute approximate surface area is 198 Å². The van der Waals surface area contributed by atoms with E-state index in [0.29, 0.717) is 31.1 Å². The van der Waals surface area contributed by atoms with Crippen molar-refractivity contribution in [3.63, 3.8) is 0 Å². The average Bonchev–Trinajstić information content (AvgIpc) is 2.83. The van der Waals surface area contributed by atoms with Crippen molar-refractivity contribution in [3.05, 3.63) is 127 Å². The normalized spacial score (nSPS) is 11.0. The van der Waals surface area contributed by atoms with Gasteiger partial charge in [0.15, 0.2) is 0 Å². The molecule has 4 rings (SSSR count). The average molecular weight is 456 g/mol. The molecule has 3 N–H and O–H groups in total. The van der Waals surface area contributed by atoms with Gasteiger partial charge in [-0.3, -0.25) is 13.9 Å². The fraction of sp³-hybridized carbons (Fsp3) is 0.222. The quantitative estimate of drug-likeness (QED) is 0.426. The SMILES string of the molecule is Cc1ccc(Cn2c(CNCc3cccnc3N)cc(=O)n(Cc3ccc(C)cc3)c2=O)cc1. The third-order valence-corrected chi connectivity index (χ3v) is 5.83. The lowest BCUT2D eigenvalue weighted by Gasteiger charge is -2.17. The molecule has 2 aromatic carbocycles. The molecule has 0 aliphatic rings. The number of anilines is 1. The predicted octanol–water partition coefficient (Wildman–Crippen LogP) is 2.99. The van der Waals surface area contributed by atoms with Crippen molar-refractivity contribution in [2.45, 2.75) is 40.0 Å².